The molecule has 2 rings (SSSR count). The Hall–Kier alpha value is -1.51. The van der Waals surface area contributed by atoms with Crippen LogP contribution in [-0.4, -0.2) is 9.97 Å². The average molecular weight is 148 g/mol. The van der Waals surface area contributed by atoms with E-state index in [-0.39, 0.29) is 5.82 Å². The first-order valence-electron chi connectivity index (χ1n) is 3.21. The summed E-state index contributed by atoms with van der Waals surface area (Å²) in [4.78, 5) is 7.70. The second-order valence-corrected chi connectivity index (χ2v) is 2.23. The van der Waals surface area contributed by atoms with Gasteiger partial charge in [-0.2, -0.15) is 0 Å². The number of rotatable bonds is 0. The lowest BCUT2D eigenvalue weighted by atomic mass is 10.2. The molecule has 1 aromatic heterocycles. The molecule has 0 spiro atoms. The Morgan fingerprint density at radius 1 is 1.27 bits per heavy atom. The highest BCUT2D eigenvalue weighted by atomic mass is 19.1. The van der Waals surface area contributed by atoms with Crippen LogP contribution in [-0.2, 0) is 0 Å². The number of hydrogen-bond acceptors (Lipinski definition) is 2. The number of aromatic nitrogens is 2. The van der Waals surface area contributed by atoms with Crippen molar-refractivity contribution in [3.63, 3.8) is 0 Å². The largest absolute Gasteiger partial charge is 0.244 e. The van der Waals surface area contributed by atoms with Crippen LogP contribution in [0.2, 0.25) is 0 Å². The maximum Gasteiger partial charge on any atom is 0.125 e. The van der Waals surface area contributed by atoms with Crippen LogP contribution < -0.4 is 0 Å². The molecule has 0 radical (unpaired) electrons. The molecule has 11 heavy (non-hydrogen) atoms. The van der Waals surface area contributed by atoms with Gasteiger partial charge < -0.3 is 0 Å². The van der Waals surface area contributed by atoms with Gasteiger partial charge in [0.1, 0.15) is 12.1 Å². The van der Waals surface area contributed by atoms with Gasteiger partial charge in [-0.25, -0.2) is 14.4 Å². The van der Waals surface area contributed by atoms with Gasteiger partial charge in [0, 0.05) is 17.6 Å². The second-order valence-electron chi connectivity index (χ2n) is 2.23. The van der Waals surface area contributed by atoms with Crippen molar-refractivity contribution in [2.75, 3.05) is 0 Å². The Morgan fingerprint density at radius 3 is 3.09 bits per heavy atom. The summed E-state index contributed by atoms with van der Waals surface area (Å²) in [5, 5.41) is 0.855. The molecule has 0 fully saturated rings. The fourth-order valence-electron chi connectivity index (χ4n) is 0.947. The summed E-state index contributed by atoms with van der Waals surface area (Å²) < 4.78 is 12.6. The molecule has 1 aromatic carbocycles. The lowest BCUT2D eigenvalue weighted by Gasteiger charge is -1.93. The number of halogens is 1. The SMILES string of the molecule is Fc1ccc2cncnc2c1. The van der Waals surface area contributed by atoms with Gasteiger partial charge in [0.05, 0.1) is 5.52 Å². The Labute approximate surface area is 62.7 Å². The van der Waals surface area contributed by atoms with Crippen LogP contribution in [0, 0.1) is 5.82 Å². The van der Waals surface area contributed by atoms with Crippen molar-refractivity contribution in [2.24, 2.45) is 0 Å². The van der Waals surface area contributed by atoms with Gasteiger partial charge in [-0.05, 0) is 12.1 Å². The predicted octanol–water partition coefficient (Wildman–Crippen LogP) is 1.77. The van der Waals surface area contributed by atoms with Crippen molar-refractivity contribution in [1.29, 1.82) is 0 Å². The summed E-state index contributed by atoms with van der Waals surface area (Å²) in [6.07, 6.45) is 3.06. The van der Waals surface area contributed by atoms with Crippen LogP contribution in [0.3, 0.4) is 0 Å². The van der Waals surface area contributed by atoms with Gasteiger partial charge in [-0.1, -0.05) is 0 Å². The third kappa shape index (κ3) is 1.05. The molecule has 0 N–H and O–H groups in total. The minimum Gasteiger partial charge on any atom is -0.244 e. The molecule has 0 atom stereocenters. The number of benzene rings is 1. The number of nitrogens with zero attached hydrogens (tertiary/aromatic N) is 2. The van der Waals surface area contributed by atoms with Crippen molar-refractivity contribution in [2.45, 2.75) is 0 Å². The van der Waals surface area contributed by atoms with Crippen LogP contribution in [0.4, 0.5) is 4.39 Å². The summed E-state index contributed by atoms with van der Waals surface area (Å²) in [5.74, 6) is -0.267. The van der Waals surface area contributed by atoms with E-state index in [1.165, 1.54) is 18.5 Å². The molecule has 0 unspecified atom stereocenters. The molecule has 1 heterocycles. The van der Waals surface area contributed by atoms with E-state index >= 15 is 0 Å². The van der Waals surface area contributed by atoms with Crippen LogP contribution in [0.25, 0.3) is 10.9 Å². The molecule has 0 amide bonds. The minimum atomic E-state index is -0.267. The zero-order chi connectivity index (χ0) is 7.68. The smallest absolute Gasteiger partial charge is 0.125 e. The molecule has 2 aromatic rings. The molecular weight excluding hydrogens is 143 g/mol. The summed E-state index contributed by atoms with van der Waals surface area (Å²) >= 11 is 0. The highest BCUT2D eigenvalue weighted by molar-refractivity contribution is 5.76. The van der Waals surface area contributed by atoms with Crippen molar-refractivity contribution in [1.82, 2.24) is 9.97 Å². The van der Waals surface area contributed by atoms with E-state index in [0.29, 0.717) is 5.52 Å². The van der Waals surface area contributed by atoms with Crippen LogP contribution in [0.15, 0.2) is 30.7 Å². The van der Waals surface area contributed by atoms with Gasteiger partial charge in [0.15, 0.2) is 0 Å². The summed E-state index contributed by atoms with van der Waals surface area (Å²) in [7, 11) is 0. The normalized spacial score (nSPS) is 10.3. The molecule has 0 aliphatic rings. The quantitative estimate of drug-likeness (QED) is 0.569. The van der Waals surface area contributed by atoms with Crippen molar-refractivity contribution in [3.05, 3.63) is 36.5 Å². The first-order valence-corrected chi connectivity index (χ1v) is 3.21. The lowest BCUT2D eigenvalue weighted by molar-refractivity contribution is 0.629. The van der Waals surface area contributed by atoms with Crippen molar-refractivity contribution >= 4 is 10.9 Å². The van der Waals surface area contributed by atoms with E-state index in [1.54, 1.807) is 12.3 Å². The molecule has 54 valence electrons. The average Bonchev–Trinajstić information content (AvgIpc) is 2.04. The Balaban J connectivity index is 2.83. The van der Waals surface area contributed by atoms with E-state index in [1.807, 2.05) is 0 Å². The third-order valence-corrected chi connectivity index (χ3v) is 1.47. The van der Waals surface area contributed by atoms with Crippen LogP contribution in [0.1, 0.15) is 0 Å². The maximum atomic E-state index is 12.6. The topological polar surface area (TPSA) is 25.8 Å². The number of hydrogen-bond donors (Lipinski definition) is 0. The van der Waals surface area contributed by atoms with E-state index in [2.05, 4.69) is 9.97 Å². The fraction of sp³-hybridized carbons (Fsp3) is 0. The van der Waals surface area contributed by atoms with Crippen molar-refractivity contribution < 1.29 is 4.39 Å². The molecule has 0 saturated heterocycles. The Kier molecular flexibility index (Phi) is 1.28. The summed E-state index contributed by atoms with van der Waals surface area (Å²) in [5.41, 5.74) is 0.639. The maximum absolute atomic E-state index is 12.6. The second kappa shape index (κ2) is 2.27. The molecular formula is C8H5FN2. The highest BCUT2D eigenvalue weighted by Crippen LogP contribution is 2.09. The first-order chi connectivity index (χ1) is 5.36. The van der Waals surface area contributed by atoms with Gasteiger partial charge >= 0.3 is 0 Å². The zero-order valence-corrected chi connectivity index (χ0v) is 5.66. The van der Waals surface area contributed by atoms with Gasteiger partial charge in [-0.15, -0.1) is 0 Å². The minimum absolute atomic E-state index is 0.267. The van der Waals surface area contributed by atoms with E-state index in [9.17, 15) is 4.39 Å². The molecule has 0 saturated carbocycles. The van der Waals surface area contributed by atoms with Crippen LogP contribution in [0.5, 0.6) is 0 Å². The number of fused-ring (bicyclic) bond motifs is 1. The predicted molar refractivity (Wildman–Crippen MR) is 39.5 cm³/mol. The highest BCUT2D eigenvalue weighted by Gasteiger charge is 1.94. The van der Waals surface area contributed by atoms with Gasteiger partial charge in [-0.3, -0.25) is 0 Å². The summed E-state index contributed by atoms with van der Waals surface area (Å²) in [6, 6.07) is 4.44. The monoisotopic (exact) mass is 148 g/mol. The standard InChI is InChI=1S/C8H5FN2/c9-7-2-1-6-4-10-5-11-8(6)3-7/h1-5H. The molecule has 0 bridgehead atoms. The molecule has 0 aliphatic heterocycles. The first kappa shape index (κ1) is 6.22. The Bertz CT molecular complexity index is 387. The lowest BCUT2D eigenvalue weighted by Crippen LogP contribution is -1.81. The van der Waals surface area contributed by atoms with E-state index in [0.717, 1.165) is 5.39 Å². The molecule has 0 aliphatic carbocycles. The molecule has 2 nitrogen and oxygen atoms in total. The van der Waals surface area contributed by atoms with Gasteiger partial charge in [0.2, 0.25) is 0 Å². The van der Waals surface area contributed by atoms with Crippen molar-refractivity contribution in [3.8, 4) is 0 Å². The third-order valence-electron chi connectivity index (χ3n) is 1.47. The van der Waals surface area contributed by atoms with E-state index in [4.69, 9.17) is 0 Å². The fourth-order valence-corrected chi connectivity index (χ4v) is 0.947. The van der Waals surface area contributed by atoms with E-state index < -0.39 is 0 Å². The Morgan fingerprint density at radius 2 is 2.18 bits per heavy atom. The van der Waals surface area contributed by atoms with Crippen LogP contribution >= 0.6 is 0 Å². The molecule has 3 heteroatoms. The van der Waals surface area contributed by atoms with Gasteiger partial charge in [0.25, 0.3) is 0 Å². The summed E-state index contributed by atoms with van der Waals surface area (Å²) in [6.45, 7) is 0. The zero-order valence-electron chi connectivity index (χ0n) is 5.66.